The first-order valence-corrected chi connectivity index (χ1v) is 8.47. The maximum Gasteiger partial charge on any atom is 0.294 e. The average molecular weight is 345 g/mol. The summed E-state index contributed by atoms with van der Waals surface area (Å²) >= 11 is 0. The predicted octanol–water partition coefficient (Wildman–Crippen LogP) is 3.54. The summed E-state index contributed by atoms with van der Waals surface area (Å²) in [5.74, 6) is 0.441. The molecule has 0 aliphatic carbocycles. The zero-order chi connectivity index (χ0) is 17.3. The number of aromatic hydroxyl groups is 1. The van der Waals surface area contributed by atoms with Crippen molar-refractivity contribution in [2.45, 2.75) is 4.90 Å². The van der Waals surface area contributed by atoms with E-state index in [0.717, 1.165) is 11.8 Å². The lowest BCUT2D eigenvalue weighted by Gasteiger charge is -2.12. The number of para-hydroxylation sites is 2. The first-order chi connectivity index (χ1) is 11.4. The quantitative estimate of drug-likeness (QED) is 0.626. The molecule has 0 heterocycles. The molecule has 3 aromatic rings. The second kappa shape index (κ2) is 6.03. The molecule has 0 unspecified atom stereocenters. The molecule has 3 N–H and O–H groups in total. The van der Waals surface area contributed by atoms with Gasteiger partial charge in [-0.05, 0) is 41.8 Å². The number of hydrogen-bond donors (Lipinski definition) is 3. The molecule has 0 aliphatic rings. The minimum atomic E-state index is -4.40. The van der Waals surface area contributed by atoms with Gasteiger partial charge in [-0.2, -0.15) is 8.42 Å². The lowest BCUT2D eigenvalue weighted by molar-refractivity contribution is 0.417. The largest absolute Gasteiger partial charge is 0.507 e. The van der Waals surface area contributed by atoms with Crippen LogP contribution in [0.5, 0.6) is 11.5 Å². The molecule has 0 saturated carbocycles. The molecule has 0 bridgehead atoms. The van der Waals surface area contributed by atoms with E-state index in [-0.39, 0.29) is 10.6 Å². The third-order valence-corrected chi connectivity index (χ3v) is 4.42. The first-order valence-electron chi connectivity index (χ1n) is 7.03. The van der Waals surface area contributed by atoms with Crippen LogP contribution in [0.25, 0.3) is 10.8 Å². The van der Waals surface area contributed by atoms with E-state index < -0.39 is 10.1 Å². The van der Waals surface area contributed by atoms with Crippen LogP contribution in [-0.4, -0.2) is 25.2 Å². The third-order valence-electron chi connectivity index (χ3n) is 3.59. The highest BCUT2D eigenvalue weighted by atomic mass is 32.2. The van der Waals surface area contributed by atoms with E-state index in [2.05, 4.69) is 5.32 Å². The molecule has 0 aromatic heterocycles. The molecule has 0 amide bonds. The van der Waals surface area contributed by atoms with E-state index in [4.69, 9.17) is 4.74 Å². The number of methoxy groups -OCH3 is 1. The van der Waals surface area contributed by atoms with E-state index >= 15 is 0 Å². The Morgan fingerprint density at radius 2 is 1.79 bits per heavy atom. The van der Waals surface area contributed by atoms with Crippen molar-refractivity contribution >= 4 is 32.3 Å². The second-order valence-electron chi connectivity index (χ2n) is 5.18. The zero-order valence-corrected chi connectivity index (χ0v) is 13.5. The van der Waals surface area contributed by atoms with Gasteiger partial charge in [-0.3, -0.25) is 4.55 Å². The van der Waals surface area contributed by atoms with Crippen LogP contribution in [0, 0.1) is 0 Å². The molecule has 0 aliphatic heterocycles. The monoisotopic (exact) mass is 345 g/mol. The predicted molar refractivity (Wildman–Crippen MR) is 91.7 cm³/mol. The fourth-order valence-electron chi connectivity index (χ4n) is 2.45. The number of ether oxygens (including phenoxy) is 1. The Morgan fingerprint density at radius 3 is 2.50 bits per heavy atom. The molecule has 124 valence electrons. The Bertz CT molecular complexity index is 1010. The standard InChI is InChI=1S/C17H15NO5S/c1-23-17-5-3-2-4-15(17)18-12-6-7-14-11(8-12)9-13(10-16(14)19)24(20,21)22/h2-10,18-19H,1H3,(H,20,21,22). The van der Waals surface area contributed by atoms with Crippen LogP contribution >= 0.6 is 0 Å². The van der Waals surface area contributed by atoms with Gasteiger partial charge in [0, 0.05) is 17.1 Å². The molecule has 3 aromatic carbocycles. The number of rotatable bonds is 4. The van der Waals surface area contributed by atoms with Crippen molar-refractivity contribution in [2.75, 3.05) is 12.4 Å². The molecule has 0 spiro atoms. The van der Waals surface area contributed by atoms with Gasteiger partial charge in [0.05, 0.1) is 17.7 Å². The summed E-state index contributed by atoms with van der Waals surface area (Å²) in [4.78, 5) is -0.359. The summed E-state index contributed by atoms with van der Waals surface area (Å²) in [5.41, 5.74) is 1.42. The number of fused-ring (bicyclic) bond motifs is 1. The topological polar surface area (TPSA) is 95.9 Å². The fraction of sp³-hybridized carbons (Fsp3) is 0.0588. The number of phenolic OH excluding ortho intramolecular Hbond substituents is 1. The van der Waals surface area contributed by atoms with Crippen molar-refractivity contribution in [1.29, 1.82) is 0 Å². The Hall–Kier alpha value is -2.77. The minimum absolute atomic E-state index is 0.219. The average Bonchev–Trinajstić information content (AvgIpc) is 2.54. The van der Waals surface area contributed by atoms with Crippen LogP contribution in [-0.2, 0) is 10.1 Å². The number of hydrogen-bond acceptors (Lipinski definition) is 5. The van der Waals surface area contributed by atoms with Crippen LogP contribution in [0.3, 0.4) is 0 Å². The van der Waals surface area contributed by atoms with Gasteiger partial charge in [-0.15, -0.1) is 0 Å². The van der Waals surface area contributed by atoms with E-state index in [1.54, 1.807) is 25.3 Å². The van der Waals surface area contributed by atoms with E-state index in [1.165, 1.54) is 6.07 Å². The van der Waals surface area contributed by atoms with Crippen molar-refractivity contribution in [2.24, 2.45) is 0 Å². The van der Waals surface area contributed by atoms with Gasteiger partial charge in [-0.1, -0.05) is 12.1 Å². The number of nitrogens with one attached hydrogen (secondary N) is 1. The van der Waals surface area contributed by atoms with Crippen molar-refractivity contribution in [1.82, 2.24) is 0 Å². The van der Waals surface area contributed by atoms with Crippen LogP contribution in [0.1, 0.15) is 0 Å². The highest BCUT2D eigenvalue weighted by Gasteiger charge is 2.13. The molecular weight excluding hydrogens is 330 g/mol. The minimum Gasteiger partial charge on any atom is -0.507 e. The second-order valence-corrected chi connectivity index (χ2v) is 6.60. The van der Waals surface area contributed by atoms with Crippen LogP contribution in [0.4, 0.5) is 11.4 Å². The molecule has 24 heavy (non-hydrogen) atoms. The molecule has 0 fully saturated rings. The van der Waals surface area contributed by atoms with Crippen molar-refractivity contribution in [3.05, 3.63) is 54.6 Å². The summed E-state index contributed by atoms with van der Waals surface area (Å²) in [6.45, 7) is 0. The lowest BCUT2D eigenvalue weighted by Crippen LogP contribution is -1.98. The Labute approximate surface area is 139 Å². The smallest absolute Gasteiger partial charge is 0.294 e. The Morgan fingerprint density at radius 1 is 1.04 bits per heavy atom. The molecule has 0 saturated heterocycles. The number of anilines is 2. The number of phenols is 1. The Kier molecular flexibility index (Phi) is 4.04. The highest BCUT2D eigenvalue weighted by Crippen LogP contribution is 2.33. The summed E-state index contributed by atoms with van der Waals surface area (Å²) in [5, 5.41) is 14.1. The van der Waals surface area contributed by atoms with Gasteiger partial charge in [0.1, 0.15) is 11.5 Å². The summed E-state index contributed by atoms with van der Waals surface area (Å²) < 4.78 is 37.0. The van der Waals surface area contributed by atoms with Gasteiger partial charge in [-0.25, -0.2) is 0 Å². The maximum atomic E-state index is 11.3. The SMILES string of the molecule is COc1ccccc1Nc1ccc2c(O)cc(S(=O)(=O)O)cc2c1. The van der Waals surface area contributed by atoms with Crippen molar-refractivity contribution in [3.8, 4) is 11.5 Å². The van der Waals surface area contributed by atoms with Gasteiger partial charge in [0.15, 0.2) is 0 Å². The zero-order valence-electron chi connectivity index (χ0n) is 12.7. The molecule has 7 heteroatoms. The molecule has 3 rings (SSSR count). The Balaban J connectivity index is 2.07. The maximum absolute atomic E-state index is 11.3. The first kappa shape index (κ1) is 16.1. The van der Waals surface area contributed by atoms with Gasteiger partial charge < -0.3 is 15.2 Å². The van der Waals surface area contributed by atoms with Gasteiger partial charge in [0.25, 0.3) is 10.1 Å². The van der Waals surface area contributed by atoms with Crippen LogP contribution in [0.15, 0.2) is 59.5 Å². The highest BCUT2D eigenvalue weighted by molar-refractivity contribution is 7.85. The van der Waals surface area contributed by atoms with Crippen molar-refractivity contribution in [3.63, 3.8) is 0 Å². The summed E-state index contributed by atoms with van der Waals surface area (Å²) in [6, 6.07) is 14.8. The summed E-state index contributed by atoms with van der Waals surface area (Å²) in [6.07, 6.45) is 0. The molecule has 0 atom stereocenters. The molecular formula is C17H15NO5S. The summed E-state index contributed by atoms with van der Waals surface area (Å²) in [7, 11) is -2.83. The van der Waals surface area contributed by atoms with E-state index in [0.29, 0.717) is 22.2 Å². The number of benzene rings is 3. The fourth-order valence-corrected chi connectivity index (χ4v) is 2.99. The van der Waals surface area contributed by atoms with Gasteiger partial charge in [0.2, 0.25) is 0 Å². The van der Waals surface area contributed by atoms with Crippen molar-refractivity contribution < 1.29 is 22.8 Å². The molecule has 6 nitrogen and oxygen atoms in total. The van der Waals surface area contributed by atoms with E-state index in [1.807, 2.05) is 24.3 Å². The van der Waals surface area contributed by atoms with Crippen LogP contribution in [0.2, 0.25) is 0 Å². The van der Waals surface area contributed by atoms with E-state index in [9.17, 15) is 18.1 Å². The van der Waals surface area contributed by atoms with Crippen LogP contribution < -0.4 is 10.1 Å². The van der Waals surface area contributed by atoms with Gasteiger partial charge >= 0.3 is 0 Å². The molecule has 0 radical (unpaired) electrons. The normalized spacial score (nSPS) is 11.4. The lowest BCUT2D eigenvalue weighted by atomic mass is 10.1. The third kappa shape index (κ3) is 3.12.